The molecule has 2 aromatic carbocycles. The molecule has 0 bridgehead atoms. The molecule has 2 heterocycles. The van der Waals surface area contributed by atoms with Crippen LogP contribution in [0.2, 0.25) is 0 Å². The van der Waals surface area contributed by atoms with Gasteiger partial charge >= 0.3 is 0 Å². The summed E-state index contributed by atoms with van der Waals surface area (Å²) >= 11 is 0. The summed E-state index contributed by atoms with van der Waals surface area (Å²) in [6.45, 7) is 0.858. The fourth-order valence-electron chi connectivity index (χ4n) is 3.43. The Labute approximate surface area is 152 Å². The number of benzene rings is 2. The maximum Gasteiger partial charge on any atom is 0.272 e. The van der Waals surface area contributed by atoms with Crippen LogP contribution in [0, 0.1) is 0 Å². The Morgan fingerprint density at radius 3 is 2.35 bits per heavy atom. The van der Waals surface area contributed by atoms with Gasteiger partial charge in [0.15, 0.2) is 0 Å². The van der Waals surface area contributed by atoms with Crippen molar-refractivity contribution in [3.05, 3.63) is 89.2 Å². The number of aliphatic hydroxyl groups is 1. The first-order chi connectivity index (χ1) is 12.7. The lowest BCUT2D eigenvalue weighted by molar-refractivity contribution is 0.0826. The van der Waals surface area contributed by atoms with Crippen LogP contribution in [0.4, 0.5) is 0 Å². The number of fused-ring (bicyclic) bond motifs is 1. The molecule has 1 aliphatic heterocycles. The van der Waals surface area contributed by atoms with Gasteiger partial charge in [0.05, 0.1) is 6.04 Å². The molecule has 0 saturated heterocycles. The number of aryl methyl sites for hydroxylation is 2. The lowest BCUT2D eigenvalue weighted by atomic mass is 9.95. The summed E-state index contributed by atoms with van der Waals surface area (Å²) in [5, 5.41) is 18.3. The van der Waals surface area contributed by atoms with E-state index in [4.69, 9.17) is 0 Å². The average Bonchev–Trinajstić information content (AvgIpc) is 3.29. The first-order valence-corrected chi connectivity index (χ1v) is 8.88. The third kappa shape index (κ3) is 3.26. The molecular weight excluding hydrogens is 326 g/mol. The van der Waals surface area contributed by atoms with Gasteiger partial charge in [0.25, 0.3) is 5.91 Å². The Bertz CT molecular complexity index is 869. The van der Waals surface area contributed by atoms with Crippen molar-refractivity contribution in [1.82, 2.24) is 15.1 Å². The van der Waals surface area contributed by atoms with Gasteiger partial charge in [-0.1, -0.05) is 60.7 Å². The minimum Gasteiger partial charge on any atom is -0.386 e. The SMILES string of the molecule is O=C(N[C@@H](c1ccccc1)[C@H](O)c1ccccc1)c1cc2n(n1)CCC2. The van der Waals surface area contributed by atoms with Gasteiger partial charge in [-0.2, -0.15) is 5.10 Å². The minimum atomic E-state index is -0.850. The molecule has 132 valence electrons. The normalized spacial score (nSPS) is 15.3. The van der Waals surface area contributed by atoms with Crippen LogP contribution in [0.15, 0.2) is 66.7 Å². The van der Waals surface area contributed by atoms with Crippen LogP contribution in [0.25, 0.3) is 0 Å². The van der Waals surface area contributed by atoms with E-state index in [9.17, 15) is 9.90 Å². The van der Waals surface area contributed by atoms with E-state index in [-0.39, 0.29) is 5.91 Å². The number of nitrogens with zero attached hydrogens (tertiary/aromatic N) is 2. The van der Waals surface area contributed by atoms with Gasteiger partial charge in [0.1, 0.15) is 11.8 Å². The molecule has 5 nitrogen and oxygen atoms in total. The molecule has 5 heteroatoms. The smallest absolute Gasteiger partial charge is 0.272 e. The van der Waals surface area contributed by atoms with E-state index in [0.717, 1.165) is 36.2 Å². The van der Waals surface area contributed by atoms with Crippen LogP contribution in [0.5, 0.6) is 0 Å². The van der Waals surface area contributed by atoms with E-state index < -0.39 is 12.1 Å². The summed E-state index contributed by atoms with van der Waals surface area (Å²) in [6, 6.07) is 20.2. The molecule has 0 radical (unpaired) electrons. The summed E-state index contributed by atoms with van der Waals surface area (Å²) in [5.74, 6) is -0.268. The van der Waals surface area contributed by atoms with E-state index in [1.165, 1.54) is 0 Å². The largest absolute Gasteiger partial charge is 0.386 e. The lowest BCUT2D eigenvalue weighted by Crippen LogP contribution is -2.33. The highest BCUT2D eigenvalue weighted by atomic mass is 16.3. The molecule has 0 aliphatic carbocycles. The maximum atomic E-state index is 12.8. The number of rotatable bonds is 5. The summed E-state index contributed by atoms with van der Waals surface area (Å²) in [7, 11) is 0. The van der Waals surface area contributed by atoms with Crippen LogP contribution in [0.1, 0.15) is 45.9 Å². The minimum absolute atomic E-state index is 0.268. The van der Waals surface area contributed by atoms with Crippen molar-refractivity contribution in [2.24, 2.45) is 0 Å². The fraction of sp³-hybridized carbons (Fsp3) is 0.238. The zero-order valence-electron chi connectivity index (χ0n) is 14.4. The molecule has 3 aromatic rings. The number of amides is 1. The molecule has 0 unspecified atom stereocenters. The van der Waals surface area contributed by atoms with Crippen molar-refractivity contribution < 1.29 is 9.90 Å². The highest BCUT2D eigenvalue weighted by Crippen LogP contribution is 2.29. The number of carbonyl (C=O) groups is 1. The maximum absolute atomic E-state index is 12.8. The Balaban J connectivity index is 1.61. The van der Waals surface area contributed by atoms with Crippen molar-refractivity contribution in [2.45, 2.75) is 31.5 Å². The third-order valence-corrected chi connectivity index (χ3v) is 4.80. The highest BCUT2D eigenvalue weighted by Gasteiger charge is 2.26. The van der Waals surface area contributed by atoms with Crippen molar-refractivity contribution >= 4 is 5.91 Å². The molecule has 1 amide bonds. The van der Waals surface area contributed by atoms with E-state index in [0.29, 0.717) is 5.69 Å². The predicted molar refractivity (Wildman–Crippen MR) is 98.6 cm³/mol. The monoisotopic (exact) mass is 347 g/mol. The van der Waals surface area contributed by atoms with Crippen LogP contribution < -0.4 is 5.32 Å². The van der Waals surface area contributed by atoms with Gasteiger partial charge in [-0.3, -0.25) is 9.48 Å². The first-order valence-electron chi connectivity index (χ1n) is 8.88. The van der Waals surface area contributed by atoms with Gasteiger partial charge in [0, 0.05) is 12.2 Å². The van der Waals surface area contributed by atoms with Crippen molar-refractivity contribution in [3.8, 4) is 0 Å². The number of aromatic nitrogens is 2. The quantitative estimate of drug-likeness (QED) is 0.745. The lowest BCUT2D eigenvalue weighted by Gasteiger charge is -2.24. The summed E-state index contributed by atoms with van der Waals surface area (Å²) in [5.41, 5.74) is 3.11. The summed E-state index contributed by atoms with van der Waals surface area (Å²) < 4.78 is 1.89. The van der Waals surface area contributed by atoms with E-state index >= 15 is 0 Å². The second kappa shape index (κ2) is 7.14. The zero-order chi connectivity index (χ0) is 17.9. The Morgan fingerprint density at radius 1 is 1.04 bits per heavy atom. The number of nitrogens with one attached hydrogen (secondary N) is 1. The molecule has 26 heavy (non-hydrogen) atoms. The van der Waals surface area contributed by atoms with E-state index in [1.54, 1.807) is 0 Å². The second-order valence-corrected chi connectivity index (χ2v) is 6.56. The Hall–Kier alpha value is -2.92. The number of hydrogen-bond acceptors (Lipinski definition) is 3. The molecule has 2 N–H and O–H groups in total. The topological polar surface area (TPSA) is 67.2 Å². The van der Waals surface area contributed by atoms with Crippen LogP contribution in [-0.4, -0.2) is 20.8 Å². The molecule has 0 fully saturated rings. The summed E-state index contributed by atoms with van der Waals surface area (Å²) in [6.07, 6.45) is 1.18. The van der Waals surface area contributed by atoms with Crippen molar-refractivity contribution in [2.75, 3.05) is 0 Å². The molecule has 1 aliphatic rings. The van der Waals surface area contributed by atoms with Gasteiger partial charge in [-0.25, -0.2) is 0 Å². The molecule has 2 atom stereocenters. The van der Waals surface area contributed by atoms with Crippen molar-refractivity contribution in [1.29, 1.82) is 0 Å². The molecule has 0 spiro atoms. The molecular formula is C21H21N3O2. The van der Waals surface area contributed by atoms with Crippen LogP contribution in [0.3, 0.4) is 0 Å². The number of hydrogen-bond donors (Lipinski definition) is 2. The Kier molecular flexibility index (Phi) is 4.54. The molecule has 4 rings (SSSR count). The number of aliphatic hydroxyl groups excluding tert-OH is 1. The van der Waals surface area contributed by atoms with Gasteiger partial charge in [0.2, 0.25) is 0 Å². The Morgan fingerprint density at radius 2 is 1.69 bits per heavy atom. The van der Waals surface area contributed by atoms with E-state index in [2.05, 4.69) is 10.4 Å². The predicted octanol–water partition coefficient (Wildman–Crippen LogP) is 3.03. The van der Waals surface area contributed by atoms with Gasteiger partial charge < -0.3 is 10.4 Å². The van der Waals surface area contributed by atoms with Gasteiger partial charge in [-0.05, 0) is 30.0 Å². The first kappa shape index (κ1) is 16.5. The second-order valence-electron chi connectivity index (χ2n) is 6.56. The molecule has 0 saturated carbocycles. The molecule has 1 aromatic heterocycles. The van der Waals surface area contributed by atoms with Gasteiger partial charge in [-0.15, -0.1) is 0 Å². The summed E-state index contributed by atoms with van der Waals surface area (Å²) in [4.78, 5) is 12.8. The zero-order valence-corrected chi connectivity index (χ0v) is 14.4. The average molecular weight is 347 g/mol. The fourth-order valence-corrected chi connectivity index (χ4v) is 3.43. The van der Waals surface area contributed by atoms with Crippen molar-refractivity contribution in [3.63, 3.8) is 0 Å². The number of carbonyl (C=O) groups excluding carboxylic acids is 1. The third-order valence-electron chi connectivity index (χ3n) is 4.80. The van der Waals surface area contributed by atoms with Crippen LogP contribution >= 0.6 is 0 Å². The van der Waals surface area contributed by atoms with E-state index in [1.807, 2.05) is 71.4 Å². The van der Waals surface area contributed by atoms with Crippen LogP contribution in [-0.2, 0) is 13.0 Å². The standard InChI is InChI=1S/C21H21N3O2/c25-20(16-10-5-2-6-11-16)19(15-8-3-1-4-9-15)22-21(26)18-14-17-12-7-13-24(17)23-18/h1-6,8-11,14,19-20,25H,7,12-13H2,(H,22,26)/t19-,20+/m0/s1. The highest BCUT2D eigenvalue weighted by molar-refractivity contribution is 5.92.